The highest BCUT2D eigenvalue weighted by Crippen LogP contribution is 2.42. The number of aryl methyl sites for hydroxylation is 1. The molecule has 11 heteroatoms. The van der Waals surface area contributed by atoms with Crippen LogP contribution in [0, 0.1) is 11.3 Å². The van der Waals surface area contributed by atoms with Crippen molar-refractivity contribution in [2.24, 2.45) is 5.92 Å². The molecular formula is C21H23BrN6O3S. The number of ether oxygens (including phenoxy) is 2. The maximum absolute atomic E-state index is 11.5. The van der Waals surface area contributed by atoms with Gasteiger partial charge in [0.1, 0.15) is 5.52 Å². The summed E-state index contributed by atoms with van der Waals surface area (Å²) < 4.78 is 13.8. The van der Waals surface area contributed by atoms with Gasteiger partial charge in [0.05, 0.1) is 6.33 Å². The van der Waals surface area contributed by atoms with Crippen molar-refractivity contribution in [2.75, 3.05) is 19.9 Å². The fourth-order valence-corrected chi connectivity index (χ4v) is 5.49. The van der Waals surface area contributed by atoms with E-state index in [0.29, 0.717) is 22.3 Å². The van der Waals surface area contributed by atoms with Crippen molar-refractivity contribution in [2.45, 2.75) is 42.8 Å². The number of piperidine rings is 1. The molecule has 0 aliphatic carbocycles. The smallest absolute Gasteiger partial charge is 0.231 e. The van der Waals surface area contributed by atoms with Gasteiger partial charge in [-0.3, -0.25) is 10.2 Å². The lowest BCUT2D eigenvalue weighted by molar-refractivity contribution is -0.130. The first kappa shape index (κ1) is 21.3. The van der Waals surface area contributed by atoms with Gasteiger partial charge < -0.3 is 23.9 Å². The Labute approximate surface area is 197 Å². The predicted molar refractivity (Wildman–Crippen MR) is 122 cm³/mol. The Morgan fingerprint density at radius 3 is 2.81 bits per heavy atom. The summed E-state index contributed by atoms with van der Waals surface area (Å²) in [6.45, 7) is 4.30. The van der Waals surface area contributed by atoms with Crippen molar-refractivity contribution < 1.29 is 14.3 Å². The molecule has 168 valence electrons. The summed E-state index contributed by atoms with van der Waals surface area (Å²) in [5.74, 6) is 2.16. The highest BCUT2D eigenvalue weighted by atomic mass is 79.9. The van der Waals surface area contributed by atoms with E-state index < -0.39 is 0 Å². The number of halogens is 1. The number of nitrogens with zero attached hydrogens (tertiary/aromatic N) is 4. The molecule has 32 heavy (non-hydrogen) atoms. The van der Waals surface area contributed by atoms with E-state index >= 15 is 0 Å². The monoisotopic (exact) mass is 518 g/mol. The van der Waals surface area contributed by atoms with Crippen LogP contribution in [0.25, 0.3) is 11.2 Å². The number of hydrogen-bond donors (Lipinski definition) is 2. The van der Waals surface area contributed by atoms with Gasteiger partial charge in [-0.2, -0.15) is 0 Å². The van der Waals surface area contributed by atoms with Crippen LogP contribution in [0.1, 0.15) is 26.2 Å². The number of H-pyrrole nitrogens is 1. The van der Waals surface area contributed by atoms with Gasteiger partial charge >= 0.3 is 0 Å². The molecule has 2 aromatic heterocycles. The highest BCUT2D eigenvalue weighted by molar-refractivity contribution is 9.10. The first-order valence-corrected chi connectivity index (χ1v) is 12.1. The second-order valence-electron chi connectivity index (χ2n) is 8.00. The van der Waals surface area contributed by atoms with Crippen LogP contribution in [0.5, 0.6) is 11.5 Å². The summed E-state index contributed by atoms with van der Waals surface area (Å²) >= 11 is 5.05. The number of likely N-dealkylation sites (tertiary alicyclic amines) is 1. The zero-order valence-corrected chi connectivity index (χ0v) is 20.0. The van der Waals surface area contributed by atoms with Crippen molar-refractivity contribution in [1.82, 2.24) is 24.4 Å². The maximum atomic E-state index is 11.5. The fourth-order valence-electron chi connectivity index (χ4n) is 4.11. The Balaban J connectivity index is 1.33. The molecule has 0 bridgehead atoms. The molecule has 0 spiro atoms. The summed E-state index contributed by atoms with van der Waals surface area (Å²) in [5, 5.41) is 8.88. The van der Waals surface area contributed by atoms with Crippen LogP contribution in [0.4, 0.5) is 0 Å². The molecule has 1 amide bonds. The van der Waals surface area contributed by atoms with Gasteiger partial charge in [-0.05, 0) is 53.2 Å². The third-order valence-corrected chi connectivity index (χ3v) is 7.83. The number of carbonyl (C=O) groups excluding carboxylic acids is 1. The Hall–Kier alpha value is -2.53. The summed E-state index contributed by atoms with van der Waals surface area (Å²) in [4.78, 5) is 26.7. The van der Waals surface area contributed by atoms with E-state index in [-0.39, 0.29) is 18.2 Å². The summed E-state index contributed by atoms with van der Waals surface area (Å²) in [7, 11) is 0. The molecule has 9 nitrogen and oxygen atoms in total. The van der Waals surface area contributed by atoms with E-state index in [1.165, 1.54) is 11.8 Å². The predicted octanol–water partition coefficient (Wildman–Crippen LogP) is 3.53. The van der Waals surface area contributed by atoms with Crippen LogP contribution < -0.4 is 15.0 Å². The molecule has 1 fully saturated rings. The highest BCUT2D eigenvalue weighted by Gasteiger charge is 2.21. The van der Waals surface area contributed by atoms with Crippen LogP contribution in [0.15, 0.2) is 33.0 Å². The number of benzene rings is 1. The minimum Gasteiger partial charge on any atom is -0.454 e. The third kappa shape index (κ3) is 4.23. The molecule has 1 aromatic carbocycles. The standard InChI is InChI=1S/C21H23BrN6O3S/c1-12(29)27-5-2-13(3-6-27)4-7-28-10-24-19(23)18-20(28)26-21(25-18)32-17-9-16-15(8-14(17)22)30-11-31-16/h8-10,13,23H,2-7,11H2,1H3,(H,25,26). The lowest BCUT2D eigenvalue weighted by Crippen LogP contribution is -2.37. The molecular weight excluding hydrogens is 496 g/mol. The van der Waals surface area contributed by atoms with Gasteiger partial charge in [0.2, 0.25) is 12.7 Å². The van der Waals surface area contributed by atoms with Crippen molar-refractivity contribution >= 4 is 44.8 Å². The minimum atomic E-state index is 0.158. The van der Waals surface area contributed by atoms with Crippen LogP contribution in [-0.4, -0.2) is 50.2 Å². The second kappa shape index (κ2) is 8.78. The van der Waals surface area contributed by atoms with Crippen molar-refractivity contribution in [3.05, 3.63) is 28.4 Å². The average molecular weight is 519 g/mol. The van der Waals surface area contributed by atoms with Gasteiger partial charge in [-0.25, -0.2) is 9.97 Å². The van der Waals surface area contributed by atoms with Crippen LogP contribution >= 0.6 is 27.7 Å². The van der Waals surface area contributed by atoms with Crippen LogP contribution in [0.2, 0.25) is 0 Å². The van der Waals surface area contributed by atoms with E-state index in [0.717, 1.165) is 59.7 Å². The first-order valence-electron chi connectivity index (χ1n) is 10.5. The third-order valence-electron chi connectivity index (χ3n) is 5.97. The van der Waals surface area contributed by atoms with E-state index in [4.69, 9.17) is 19.9 Å². The number of amides is 1. The second-order valence-corrected chi connectivity index (χ2v) is 9.89. The number of imidazole rings is 1. The molecule has 0 radical (unpaired) electrons. The summed E-state index contributed by atoms with van der Waals surface area (Å²) in [6.07, 6.45) is 4.73. The zero-order chi connectivity index (χ0) is 22.2. The van der Waals surface area contributed by atoms with Gasteiger partial charge in [-0.15, -0.1) is 0 Å². The van der Waals surface area contributed by atoms with Crippen LogP contribution in [-0.2, 0) is 11.3 Å². The number of rotatable bonds is 5. The molecule has 2 aliphatic rings. The number of aromatic amines is 1. The van der Waals surface area contributed by atoms with Crippen molar-refractivity contribution in [3.63, 3.8) is 0 Å². The van der Waals surface area contributed by atoms with Crippen LogP contribution in [0.3, 0.4) is 0 Å². The summed E-state index contributed by atoms with van der Waals surface area (Å²) in [5.41, 5.74) is 1.53. The van der Waals surface area contributed by atoms with Gasteiger partial charge in [-0.1, -0.05) is 11.8 Å². The van der Waals surface area contributed by atoms with E-state index in [1.807, 2.05) is 21.6 Å². The van der Waals surface area contributed by atoms with Gasteiger partial charge in [0.15, 0.2) is 27.8 Å². The fraction of sp³-hybridized carbons (Fsp3) is 0.429. The molecule has 5 rings (SSSR count). The SMILES string of the molecule is CC(=O)N1CCC(CCn2cnc(=N)c3[nH]c(Sc4cc5c(cc4Br)OCO5)nc32)CC1. The Morgan fingerprint density at radius 1 is 1.31 bits per heavy atom. The number of aromatic nitrogens is 4. The molecule has 2 aliphatic heterocycles. The normalized spacial score (nSPS) is 16.1. The molecule has 0 saturated carbocycles. The van der Waals surface area contributed by atoms with Crippen molar-refractivity contribution in [1.29, 1.82) is 5.41 Å². The average Bonchev–Trinajstić information content (AvgIpc) is 3.41. The molecule has 3 aromatic rings. The Kier molecular flexibility index (Phi) is 5.85. The van der Waals surface area contributed by atoms with Crippen molar-refractivity contribution in [3.8, 4) is 11.5 Å². The lowest BCUT2D eigenvalue weighted by atomic mass is 9.93. The zero-order valence-electron chi connectivity index (χ0n) is 17.6. The number of hydrogen-bond acceptors (Lipinski definition) is 7. The molecule has 1 saturated heterocycles. The van der Waals surface area contributed by atoms with Gasteiger partial charge in [0.25, 0.3) is 0 Å². The molecule has 0 unspecified atom stereocenters. The molecule has 2 N–H and O–H groups in total. The number of nitrogens with one attached hydrogen (secondary N) is 2. The van der Waals surface area contributed by atoms with E-state index in [2.05, 4.69) is 25.9 Å². The van der Waals surface area contributed by atoms with E-state index in [9.17, 15) is 4.79 Å². The molecule has 0 atom stereocenters. The number of fused-ring (bicyclic) bond motifs is 2. The van der Waals surface area contributed by atoms with E-state index in [1.54, 1.807) is 13.3 Å². The lowest BCUT2D eigenvalue weighted by Gasteiger charge is -2.31. The number of carbonyl (C=O) groups is 1. The quantitative estimate of drug-likeness (QED) is 0.534. The van der Waals surface area contributed by atoms with Gasteiger partial charge in [0, 0.05) is 35.9 Å². The molecule has 4 heterocycles. The maximum Gasteiger partial charge on any atom is 0.231 e. The minimum absolute atomic E-state index is 0.158. The first-order chi connectivity index (χ1) is 15.5. The summed E-state index contributed by atoms with van der Waals surface area (Å²) in [6, 6.07) is 3.81. The topological polar surface area (TPSA) is 109 Å². The Bertz CT molecular complexity index is 1230. The Morgan fingerprint density at radius 2 is 2.06 bits per heavy atom. The largest absolute Gasteiger partial charge is 0.454 e.